The molecular formula is C13H20Na2O7S. The third-order valence-corrected chi connectivity index (χ3v) is 3.77. The predicted molar refractivity (Wildman–Crippen MR) is 71.4 cm³/mol. The number of carbonyl (C=O) groups excluding carboxylic acids is 2. The van der Waals surface area contributed by atoms with Gasteiger partial charge in [0.2, 0.25) is 0 Å². The average Bonchev–Trinajstić information content (AvgIpc) is 2.34. The van der Waals surface area contributed by atoms with Crippen LogP contribution in [-0.4, -0.2) is 30.7 Å². The zero-order chi connectivity index (χ0) is 16.5. The zero-order valence-electron chi connectivity index (χ0n) is 14.0. The maximum atomic E-state index is 11.0. The minimum Gasteiger partial charge on any atom is -0.545 e. The largest absolute Gasteiger partial charge is 1.00 e. The molecule has 0 unspecified atom stereocenters. The molecule has 0 amide bonds. The van der Waals surface area contributed by atoms with Gasteiger partial charge < -0.3 is 19.8 Å². The fraction of sp³-hybridized carbons (Fsp3) is 0.692. The Kier molecular flexibility index (Phi) is 18.4. The summed E-state index contributed by atoms with van der Waals surface area (Å²) in [5.74, 6) is -3.88. The summed E-state index contributed by atoms with van der Waals surface area (Å²) < 4.78 is 29.7. The first-order valence-electron chi connectivity index (χ1n) is 6.79. The van der Waals surface area contributed by atoms with Gasteiger partial charge in [0.15, 0.2) is 0 Å². The van der Waals surface area contributed by atoms with Crippen LogP contribution in [0.1, 0.15) is 51.9 Å². The summed E-state index contributed by atoms with van der Waals surface area (Å²) >= 11 is 0. The number of carboxylic acids is 2. The Morgan fingerprint density at radius 1 is 0.870 bits per heavy atom. The molecule has 0 heterocycles. The van der Waals surface area contributed by atoms with E-state index in [1.54, 1.807) is 0 Å². The van der Waals surface area contributed by atoms with Gasteiger partial charge in [0.05, 0.1) is 17.7 Å². The van der Waals surface area contributed by atoms with E-state index in [0.29, 0.717) is 6.42 Å². The third kappa shape index (κ3) is 14.6. The van der Waals surface area contributed by atoms with Crippen molar-refractivity contribution < 1.29 is 91.9 Å². The molecule has 0 aromatic heterocycles. The normalized spacial score (nSPS) is 11.7. The summed E-state index contributed by atoms with van der Waals surface area (Å²) in [6.07, 6.45) is 2.66. The Balaban J connectivity index is -0.00000200. The smallest absolute Gasteiger partial charge is 0.545 e. The van der Waals surface area contributed by atoms with Gasteiger partial charge in [-0.15, -0.1) is 0 Å². The van der Waals surface area contributed by atoms with E-state index in [9.17, 15) is 28.2 Å². The van der Waals surface area contributed by atoms with Crippen LogP contribution in [0.4, 0.5) is 0 Å². The Labute approximate surface area is 181 Å². The summed E-state index contributed by atoms with van der Waals surface area (Å²) in [5, 5.41) is 22.1. The molecule has 0 radical (unpaired) electrons. The molecular weight excluding hydrogens is 346 g/mol. The molecule has 0 aromatic rings. The van der Waals surface area contributed by atoms with Crippen LogP contribution in [0.25, 0.3) is 0 Å². The predicted octanol–water partition coefficient (Wildman–Crippen LogP) is -6.57. The molecule has 0 fully saturated rings. The second kappa shape index (κ2) is 14.9. The standard InChI is InChI=1S/C13H22O7S.2Na/c1-2-3-4-5-7-10(12(14)15)11(13(16)17)8-6-9-21(18,19)20;;/h2-9H2,1H3,(H,14,15)(H,16,17)(H,18,19,20);;/q;2*+1/p-2/b11-10-;;. The van der Waals surface area contributed by atoms with Gasteiger partial charge in [-0.3, -0.25) is 4.55 Å². The van der Waals surface area contributed by atoms with Crippen LogP contribution in [0.2, 0.25) is 0 Å². The topological polar surface area (TPSA) is 135 Å². The molecule has 122 valence electrons. The van der Waals surface area contributed by atoms with Crippen molar-refractivity contribution in [1.29, 1.82) is 0 Å². The number of carbonyl (C=O) groups is 2. The van der Waals surface area contributed by atoms with Crippen LogP contribution in [-0.2, 0) is 19.7 Å². The Bertz CT molecular complexity index is 500. The molecule has 0 aliphatic carbocycles. The van der Waals surface area contributed by atoms with Crippen LogP contribution in [0.15, 0.2) is 11.1 Å². The number of hydrogen-bond acceptors (Lipinski definition) is 6. The van der Waals surface area contributed by atoms with Crippen molar-refractivity contribution in [2.45, 2.75) is 51.9 Å². The van der Waals surface area contributed by atoms with Crippen molar-refractivity contribution >= 4 is 22.1 Å². The van der Waals surface area contributed by atoms with Crippen LogP contribution in [0.5, 0.6) is 0 Å². The van der Waals surface area contributed by atoms with Crippen LogP contribution in [0.3, 0.4) is 0 Å². The van der Waals surface area contributed by atoms with E-state index in [2.05, 4.69) is 0 Å². The maximum Gasteiger partial charge on any atom is 1.00 e. The Morgan fingerprint density at radius 2 is 1.30 bits per heavy atom. The van der Waals surface area contributed by atoms with Crippen LogP contribution >= 0.6 is 0 Å². The van der Waals surface area contributed by atoms with E-state index in [1.807, 2.05) is 6.92 Å². The van der Waals surface area contributed by atoms with Gasteiger partial charge in [-0.2, -0.15) is 8.42 Å². The van der Waals surface area contributed by atoms with Gasteiger partial charge >= 0.3 is 59.1 Å². The second-order valence-electron chi connectivity index (χ2n) is 4.73. The first-order valence-corrected chi connectivity index (χ1v) is 8.39. The first kappa shape index (κ1) is 28.4. The molecule has 0 atom stereocenters. The summed E-state index contributed by atoms with van der Waals surface area (Å²) in [6, 6.07) is 0. The monoisotopic (exact) mass is 366 g/mol. The van der Waals surface area contributed by atoms with E-state index >= 15 is 0 Å². The summed E-state index contributed by atoms with van der Waals surface area (Å²) in [4.78, 5) is 22.1. The molecule has 0 aromatic carbocycles. The molecule has 7 nitrogen and oxygen atoms in total. The van der Waals surface area contributed by atoms with Crippen molar-refractivity contribution in [1.82, 2.24) is 0 Å². The van der Waals surface area contributed by atoms with E-state index in [0.717, 1.165) is 19.3 Å². The quantitative estimate of drug-likeness (QED) is 0.166. The molecule has 0 saturated carbocycles. The van der Waals surface area contributed by atoms with Gasteiger partial charge in [-0.05, 0) is 36.8 Å². The number of carboxylic acid groups (broad SMARTS) is 2. The fourth-order valence-electron chi connectivity index (χ4n) is 1.91. The van der Waals surface area contributed by atoms with Crippen molar-refractivity contribution in [3.8, 4) is 0 Å². The first-order chi connectivity index (χ1) is 9.69. The van der Waals surface area contributed by atoms with Gasteiger partial charge in [0.25, 0.3) is 10.1 Å². The van der Waals surface area contributed by atoms with Gasteiger partial charge in [-0.25, -0.2) is 0 Å². The second-order valence-corrected chi connectivity index (χ2v) is 6.30. The minimum atomic E-state index is -4.21. The zero-order valence-corrected chi connectivity index (χ0v) is 18.8. The third-order valence-electron chi connectivity index (χ3n) is 2.97. The Hall–Kier alpha value is 0.590. The molecule has 0 spiro atoms. The van der Waals surface area contributed by atoms with Gasteiger partial charge in [0.1, 0.15) is 0 Å². The molecule has 0 aliphatic heterocycles. The summed E-state index contributed by atoms with van der Waals surface area (Å²) in [5.41, 5.74) is -0.823. The van der Waals surface area contributed by atoms with E-state index < -0.39 is 33.4 Å². The number of rotatable bonds is 11. The van der Waals surface area contributed by atoms with Crippen LogP contribution < -0.4 is 69.3 Å². The molecule has 1 N–H and O–H groups in total. The van der Waals surface area contributed by atoms with Crippen molar-refractivity contribution in [2.24, 2.45) is 0 Å². The summed E-state index contributed by atoms with van der Waals surface area (Å²) in [7, 11) is -4.21. The fourth-order valence-corrected chi connectivity index (χ4v) is 2.42. The number of aliphatic carboxylic acids is 2. The Morgan fingerprint density at radius 3 is 1.65 bits per heavy atom. The minimum absolute atomic E-state index is 0. The SMILES string of the molecule is CCCCCC/C(C(=O)[O-])=C(\CCCS(=O)(=O)O)C(=O)[O-].[Na+].[Na+]. The average molecular weight is 366 g/mol. The van der Waals surface area contributed by atoms with E-state index in [-0.39, 0.29) is 84.0 Å². The number of unbranched alkanes of at least 4 members (excludes halogenated alkanes) is 3. The maximum absolute atomic E-state index is 11.0. The summed E-state index contributed by atoms with van der Waals surface area (Å²) in [6.45, 7) is 1.98. The number of hydrogen-bond donors (Lipinski definition) is 1. The molecule has 0 rings (SSSR count). The molecule has 10 heteroatoms. The van der Waals surface area contributed by atoms with Gasteiger partial charge in [-0.1, -0.05) is 26.2 Å². The molecule has 23 heavy (non-hydrogen) atoms. The van der Waals surface area contributed by atoms with Crippen molar-refractivity contribution in [3.05, 3.63) is 11.1 Å². The van der Waals surface area contributed by atoms with Gasteiger partial charge in [0, 0.05) is 0 Å². The van der Waals surface area contributed by atoms with E-state index in [1.165, 1.54) is 0 Å². The van der Waals surface area contributed by atoms with Crippen LogP contribution in [0, 0.1) is 0 Å². The van der Waals surface area contributed by atoms with E-state index in [4.69, 9.17) is 4.55 Å². The van der Waals surface area contributed by atoms with Crippen molar-refractivity contribution in [3.63, 3.8) is 0 Å². The molecule has 0 bridgehead atoms. The molecule has 0 saturated heterocycles. The van der Waals surface area contributed by atoms with Crippen molar-refractivity contribution in [2.75, 3.05) is 5.75 Å². The molecule has 0 aliphatic rings.